The number of carbonyl (C=O) groups excluding carboxylic acids is 1. The molecular weight excluding hydrogens is 601 g/mol. The fourth-order valence-electron chi connectivity index (χ4n) is 7.13. The van der Waals surface area contributed by atoms with E-state index in [1.165, 1.54) is 6.20 Å². The van der Waals surface area contributed by atoms with E-state index in [0.29, 0.717) is 75.7 Å². The van der Waals surface area contributed by atoms with Gasteiger partial charge in [0, 0.05) is 44.3 Å². The van der Waals surface area contributed by atoms with Gasteiger partial charge in [0.1, 0.15) is 16.9 Å². The number of ether oxygens (including phenoxy) is 2. The van der Waals surface area contributed by atoms with Crippen molar-refractivity contribution in [1.29, 1.82) is 0 Å². The Bertz CT molecular complexity index is 1590. The molecule has 0 bridgehead atoms. The second-order valence-electron chi connectivity index (χ2n) is 12.6. The zero-order chi connectivity index (χ0) is 32.7. The molecule has 0 aromatic carbocycles. The number of nitrogens with zero attached hydrogens (tertiary/aromatic N) is 6. The summed E-state index contributed by atoms with van der Waals surface area (Å²) in [5.74, 6) is -0.144. The van der Waals surface area contributed by atoms with E-state index in [1.807, 2.05) is 44.0 Å². The smallest absolute Gasteiger partial charge is 0.422 e. The molecule has 0 atom stereocenters. The van der Waals surface area contributed by atoms with E-state index in [2.05, 4.69) is 9.97 Å². The molecule has 1 spiro atoms. The maximum absolute atomic E-state index is 14.4. The predicted octanol–water partition coefficient (Wildman–Crippen LogP) is 4.42. The van der Waals surface area contributed by atoms with Crippen LogP contribution in [0.25, 0.3) is 11.3 Å². The number of piperidine rings is 1. The lowest BCUT2D eigenvalue weighted by Crippen LogP contribution is -2.67. The molecule has 6 rings (SSSR count). The van der Waals surface area contributed by atoms with Crippen LogP contribution in [0.1, 0.15) is 54.7 Å². The Morgan fingerprint density at radius 2 is 1.80 bits per heavy atom. The highest BCUT2D eigenvalue weighted by molar-refractivity contribution is 5.96. The summed E-state index contributed by atoms with van der Waals surface area (Å²) in [7, 11) is 1.91. The molecule has 3 aliphatic heterocycles. The predicted molar refractivity (Wildman–Crippen MR) is 165 cm³/mol. The van der Waals surface area contributed by atoms with Gasteiger partial charge in [-0.25, -0.2) is 9.97 Å². The summed E-state index contributed by atoms with van der Waals surface area (Å²) in [6.45, 7) is 6.21. The Labute approximate surface area is 266 Å². The number of aliphatic hydroxyl groups is 1. The van der Waals surface area contributed by atoms with Crippen LogP contribution >= 0.6 is 0 Å². The molecule has 13 heteroatoms. The SMILES string of the molecule is CCCOc1cncc(N2CCC3(CC2)CN(CC2(O)CN(C)C2)C(=O)c2nc(-c4cccnc4OCC)ccc23)c1C(F)(F)F. The van der Waals surface area contributed by atoms with Crippen molar-refractivity contribution in [1.82, 2.24) is 24.8 Å². The van der Waals surface area contributed by atoms with Crippen molar-refractivity contribution >= 4 is 11.6 Å². The van der Waals surface area contributed by atoms with E-state index < -0.39 is 22.8 Å². The second kappa shape index (κ2) is 12.3. The minimum atomic E-state index is -4.63. The number of halogens is 3. The van der Waals surface area contributed by atoms with Gasteiger partial charge >= 0.3 is 6.18 Å². The van der Waals surface area contributed by atoms with Crippen molar-refractivity contribution in [3.63, 3.8) is 0 Å². The summed E-state index contributed by atoms with van der Waals surface area (Å²) in [4.78, 5) is 32.7. The maximum atomic E-state index is 14.4. The van der Waals surface area contributed by atoms with E-state index in [0.717, 1.165) is 11.8 Å². The van der Waals surface area contributed by atoms with Gasteiger partial charge in [0.2, 0.25) is 5.88 Å². The monoisotopic (exact) mass is 640 g/mol. The van der Waals surface area contributed by atoms with Crippen molar-refractivity contribution in [2.45, 2.75) is 50.3 Å². The fourth-order valence-corrected chi connectivity index (χ4v) is 7.13. The molecule has 0 aliphatic carbocycles. The van der Waals surface area contributed by atoms with Gasteiger partial charge in [-0.2, -0.15) is 13.2 Å². The van der Waals surface area contributed by atoms with E-state index in [1.54, 1.807) is 22.1 Å². The molecule has 2 fully saturated rings. The highest BCUT2D eigenvalue weighted by Gasteiger charge is 2.50. The van der Waals surface area contributed by atoms with E-state index in [9.17, 15) is 23.1 Å². The van der Waals surface area contributed by atoms with Crippen molar-refractivity contribution < 1.29 is 32.5 Å². The molecule has 10 nitrogen and oxygen atoms in total. The normalized spacial score (nSPS) is 19.2. The molecule has 1 amide bonds. The van der Waals surface area contributed by atoms with Crippen LogP contribution in [-0.2, 0) is 11.6 Å². The molecule has 1 N–H and O–H groups in total. The highest BCUT2D eigenvalue weighted by Crippen LogP contribution is 2.47. The van der Waals surface area contributed by atoms with Gasteiger partial charge in [-0.1, -0.05) is 13.0 Å². The van der Waals surface area contributed by atoms with Gasteiger partial charge in [-0.15, -0.1) is 0 Å². The van der Waals surface area contributed by atoms with Gasteiger partial charge in [-0.3, -0.25) is 9.78 Å². The second-order valence-corrected chi connectivity index (χ2v) is 12.6. The van der Waals surface area contributed by atoms with Gasteiger partial charge in [0.25, 0.3) is 5.91 Å². The summed E-state index contributed by atoms with van der Waals surface area (Å²) >= 11 is 0. The molecule has 6 heterocycles. The molecule has 0 saturated carbocycles. The van der Waals surface area contributed by atoms with E-state index in [4.69, 9.17) is 14.5 Å². The molecule has 3 aliphatic rings. The largest absolute Gasteiger partial charge is 0.491 e. The minimum Gasteiger partial charge on any atom is -0.491 e. The average molecular weight is 641 g/mol. The zero-order valence-electron chi connectivity index (χ0n) is 26.3. The molecule has 0 radical (unpaired) electrons. The van der Waals surface area contributed by atoms with Crippen LogP contribution < -0.4 is 14.4 Å². The summed E-state index contributed by atoms with van der Waals surface area (Å²) in [6.07, 6.45) is 0.885. The van der Waals surface area contributed by atoms with Crippen LogP contribution in [0.15, 0.2) is 42.9 Å². The number of anilines is 1. The Morgan fingerprint density at radius 1 is 1.04 bits per heavy atom. The third kappa shape index (κ3) is 5.97. The molecular formula is C33H39F3N6O4. The number of rotatable bonds is 9. The third-order valence-corrected chi connectivity index (χ3v) is 9.09. The molecule has 2 saturated heterocycles. The number of pyridine rings is 3. The van der Waals surface area contributed by atoms with Crippen molar-refractivity contribution in [2.24, 2.45) is 0 Å². The number of likely N-dealkylation sites (tertiary alicyclic amines) is 1. The lowest BCUT2D eigenvalue weighted by molar-refractivity contribution is -0.138. The molecule has 246 valence electrons. The van der Waals surface area contributed by atoms with Crippen molar-refractivity contribution in [3.05, 3.63) is 59.7 Å². The van der Waals surface area contributed by atoms with E-state index >= 15 is 0 Å². The van der Waals surface area contributed by atoms with Crippen LogP contribution in [0, 0.1) is 0 Å². The van der Waals surface area contributed by atoms with Crippen molar-refractivity contribution in [3.8, 4) is 22.9 Å². The molecule has 3 aromatic heterocycles. The number of hydrogen-bond acceptors (Lipinski definition) is 9. The fraction of sp³-hybridized carbons (Fsp3) is 0.515. The van der Waals surface area contributed by atoms with Gasteiger partial charge in [0.15, 0.2) is 5.75 Å². The number of alkyl halides is 3. The lowest BCUT2D eigenvalue weighted by atomic mass is 9.69. The molecule has 0 unspecified atom stereocenters. The first kappa shape index (κ1) is 32.0. The quantitative estimate of drug-likeness (QED) is 0.364. The average Bonchev–Trinajstić information content (AvgIpc) is 3.02. The van der Waals surface area contributed by atoms with Gasteiger partial charge < -0.3 is 29.3 Å². The summed E-state index contributed by atoms with van der Waals surface area (Å²) < 4.78 is 54.3. The topological polar surface area (TPSA) is 104 Å². The standard InChI is InChI=1S/C33H39F3N6O4/c1-4-15-46-26-17-37-16-25(27(26)33(34,35)36)41-13-10-31(11-14-41)18-42(21-32(44)19-40(3)20-32)30(43)28-23(31)8-9-24(39-28)22-7-6-12-38-29(22)45-5-2/h6-9,12,16-17,44H,4-5,10-11,13-15,18-21H2,1-3H3. The highest BCUT2D eigenvalue weighted by atomic mass is 19.4. The first-order chi connectivity index (χ1) is 22.0. The minimum absolute atomic E-state index is 0.0137. The Hall–Kier alpha value is -3.97. The lowest BCUT2D eigenvalue weighted by Gasteiger charge is -2.52. The number of aromatic nitrogens is 3. The summed E-state index contributed by atoms with van der Waals surface area (Å²) in [6, 6.07) is 7.38. The van der Waals surface area contributed by atoms with Gasteiger partial charge in [0.05, 0.1) is 49.1 Å². The summed E-state index contributed by atoms with van der Waals surface area (Å²) in [5.41, 5.74) is -0.214. The third-order valence-electron chi connectivity index (χ3n) is 9.09. The first-order valence-corrected chi connectivity index (χ1v) is 15.7. The Kier molecular flexibility index (Phi) is 8.57. The zero-order valence-corrected chi connectivity index (χ0v) is 26.3. The number of β-amino-alcohol motifs (C(OH)–C–C–N with tert-alkyl or cyclic N) is 1. The van der Waals surface area contributed by atoms with Crippen LogP contribution in [-0.4, -0.2) is 101 Å². The molecule has 3 aromatic rings. The number of carbonyl (C=O) groups is 1. The van der Waals surface area contributed by atoms with Crippen LogP contribution in [0.5, 0.6) is 11.6 Å². The Balaban J connectivity index is 1.36. The number of fused-ring (bicyclic) bond motifs is 2. The molecule has 46 heavy (non-hydrogen) atoms. The first-order valence-electron chi connectivity index (χ1n) is 15.7. The number of hydrogen-bond donors (Lipinski definition) is 1. The van der Waals surface area contributed by atoms with Gasteiger partial charge in [-0.05, 0) is 57.0 Å². The number of likely N-dealkylation sites (N-methyl/N-ethyl adjacent to an activating group) is 1. The van der Waals surface area contributed by atoms with Crippen molar-refractivity contribution in [2.75, 3.05) is 64.4 Å². The van der Waals surface area contributed by atoms with E-state index in [-0.39, 0.29) is 36.2 Å². The Morgan fingerprint density at radius 3 is 2.48 bits per heavy atom. The van der Waals surface area contributed by atoms with Crippen LogP contribution in [0.4, 0.5) is 18.9 Å². The summed E-state index contributed by atoms with van der Waals surface area (Å²) in [5, 5.41) is 11.2. The number of amides is 1. The maximum Gasteiger partial charge on any atom is 0.422 e. The van der Waals surface area contributed by atoms with Crippen LogP contribution in [0.2, 0.25) is 0 Å². The van der Waals surface area contributed by atoms with Crippen LogP contribution in [0.3, 0.4) is 0 Å².